The van der Waals surface area contributed by atoms with E-state index in [1.807, 2.05) is 30.4 Å². The van der Waals surface area contributed by atoms with Gasteiger partial charge in [-0.2, -0.15) is 0 Å². The molecule has 1 amide bonds. The number of carbonyl (C=O) groups is 2. The van der Waals surface area contributed by atoms with Crippen molar-refractivity contribution in [2.45, 2.75) is 244 Å². The molecule has 370 valence electrons. The van der Waals surface area contributed by atoms with Crippen LogP contribution in [-0.2, 0) is 14.3 Å². The molecule has 0 radical (unpaired) electrons. The van der Waals surface area contributed by atoms with Gasteiger partial charge in [0.1, 0.15) is 6.10 Å². The van der Waals surface area contributed by atoms with Gasteiger partial charge < -0.3 is 20.3 Å². The Bertz CT molecular complexity index is 1330. The van der Waals surface area contributed by atoms with Crippen LogP contribution in [0.25, 0.3) is 0 Å². The van der Waals surface area contributed by atoms with E-state index in [2.05, 4.69) is 105 Å². The fourth-order valence-corrected chi connectivity index (χ4v) is 7.46. The van der Waals surface area contributed by atoms with E-state index < -0.39 is 18.2 Å². The van der Waals surface area contributed by atoms with Gasteiger partial charge in [-0.1, -0.05) is 252 Å². The van der Waals surface area contributed by atoms with Crippen molar-refractivity contribution in [3.05, 3.63) is 109 Å². The number of aliphatic hydroxyl groups is 2. The van der Waals surface area contributed by atoms with Gasteiger partial charge in [0.25, 0.3) is 0 Å². The first kappa shape index (κ1) is 61.5. The molecule has 0 bridgehead atoms. The second-order valence-corrected chi connectivity index (χ2v) is 17.6. The zero-order valence-electron chi connectivity index (χ0n) is 42.1. The van der Waals surface area contributed by atoms with Gasteiger partial charge in [0, 0.05) is 12.8 Å². The maximum Gasteiger partial charge on any atom is 0.306 e. The van der Waals surface area contributed by atoms with Crippen LogP contribution in [0.15, 0.2) is 109 Å². The van der Waals surface area contributed by atoms with Gasteiger partial charge in [-0.15, -0.1) is 0 Å². The third kappa shape index (κ3) is 46.8. The molecule has 0 aromatic heterocycles. The number of esters is 1. The van der Waals surface area contributed by atoms with Crippen molar-refractivity contribution >= 4 is 11.9 Å². The Morgan fingerprint density at radius 1 is 0.492 bits per heavy atom. The molecule has 0 rings (SSSR count). The highest BCUT2D eigenvalue weighted by molar-refractivity contribution is 5.77. The molecule has 6 heteroatoms. The Morgan fingerprint density at radius 3 is 1.43 bits per heavy atom. The number of amides is 1. The first-order valence-electron chi connectivity index (χ1n) is 26.7. The Kier molecular flexibility index (Phi) is 48.7. The number of allylic oxidation sites excluding steroid dienone is 17. The van der Waals surface area contributed by atoms with Crippen LogP contribution in [0.2, 0.25) is 0 Å². The zero-order chi connectivity index (χ0) is 47.4. The number of hydrogen-bond donors (Lipinski definition) is 3. The second kappa shape index (κ2) is 51.5. The summed E-state index contributed by atoms with van der Waals surface area (Å²) in [4.78, 5) is 26.1. The van der Waals surface area contributed by atoms with Crippen LogP contribution in [-0.4, -0.2) is 46.9 Å². The Labute approximate surface area is 400 Å². The van der Waals surface area contributed by atoms with Gasteiger partial charge in [-0.25, -0.2) is 0 Å². The van der Waals surface area contributed by atoms with E-state index in [4.69, 9.17) is 4.74 Å². The molecule has 0 fully saturated rings. The number of hydrogen-bond acceptors (Lipinski definition) is 5. The van der Waals surface area contributed by atoms with Crippen molar-refractivity contribution < 1.29 is 24.5 Å². The van der Waals surface area contributed by atoms with Crippen molar-refractivity contribution in [2.75, 3.05) is 6.61 Å². The summed E-state index contributed by atoms with van der Waals surface area (Å²) in [6, 6.07) is -0.744. The third-order valence-corrected chi connectivity index (χ3v) is 11.4. The van der Waals surface area contributed by atoms with Gasteiger partial charge in [0.2, 0.25) is 5.91 Å². The molecule has 0 aliphatic rings. The van der Waals surface area contributed by atoms with Crippen LogP contribution in [0.3, 0.4) is 0 Å². The van der Waals surface area contributed by atoms with Crippen molar-refractivity contribution in [1.82, 2.24) is 5.32 Å². The largest absolute Gasteiger partial charge is 0.461 e. The van der Waals surface area contributed by atoms with Crippen LogP contribution < -0.4 is 5.32 Å². The average Bonchev–Trinajstić information content (AvgIpc) is 3.30. The third-order valence-electron chi connectivity index (χ3n) is 11.4. The molecule has 65 heavy (non-hydrogen) atoms. The standard InChI is InChI=1S/C59H99NO5/c1-4-7-10-13-16-19-22-25-28-31-33-36-39-42-45-48-51-57(62)56(54-61)60-58(63)53-55(50-47-44-41-38-35-32-29-26-23-20-17-14-11-8-5-2)65-59(64)52-49-46-43-40-37-34-30-27-24-21-18-15-12-9-6-3/h8-9,11-12,15,17-18,20-21,24,26-27,29-30,35,38,44,47,55-57,61-62H,4-7,10,13-14,16,19,22-23,25,28,31-34,36-37,39-43,45-46,48-54H2,1-3H3,(H,60,63)/b11-8-,12-9+,18-15+,20-17-,24-21+,29-26-,30-27-,38-35-,47-44-. The van der Waals surface area contributed by atoms with E-state index in [0.29, 0.717) is 19.3 Å². The van der Waals surface area contributed by atoms with Gasteiger partial charge in [-0.05, 0) is 64.2 Å². The van der Waals surface area contributed by atoms with Crippen molar-refractivity contribution in [3.63, 3.8) is 0 Å². The highest BCUT2D eigenvalue weighted by atomic mass is 16.5. The van der Waals surface area contributed by atoms with Crippen LogP contribution in [0.4, 0.5) is 0 Å². The zero-order valence-corrected chi connectivity index (χ0v) is 42.1. The molecule has 0 spiro atoms. The first-order valence-corrected chi connectivity index (χ1v) is 26.7. The van der Waals surface area contributed by atoms with Gasteiger partial charge in [0.15, 0.2) is 0 Å². The molecular formula is C59H99NO5. The van der Waals surface area contributed by atoms with Crippen LogP contribution in [0.1, 0.15) is 226 Å². The van der Waals surface area contributed by atoms with Gasteiger partial charge in [0.05, 0.1) is 25.2 Å². The van der Waals surface area contributed by atoms with E-state index >= 15 is 0 Å². The molecule has 0 heterocycles. The minimum absolute atomic E-state index is 0.0166. The Hall–Kier alpha value is -3.48. The maximum atomic E-state index is 13.2. The second-order valence-electron chi connectivity index (χ2n) is 17.6. The molecule has 3 unspecified atom stereocenters. The first-order chi connectivity index (χ1) is 32.0. The molecule has 6 nitrogen and oxygen atoms in total. The van der Waals surface area contributed by atoms with E-state index in [1.165, 1.54) is 83.5 Å². The minimum Gasteiger partial charge on any atom is -0.461 e. The summed E-state index contributed by atoms with van der Waals surface area (Å²) in [5, 5.41) is 23.8. The van der Waals surface area contributed by atoms with Crippen molar-refractivity contribution in [1.29, 1.82) is 0 Å². The van der Waals surface area contributed by atoms with Crippen molar-refractivity contribution in [3.8, 4) is 0 Å². The number of aliphatic hydroxyl groups excluding tert-OH is 2. The smallest absolute Gasteiger partial charge is 0.306 e. The summed E-state index contributed by atoms with van der Waals surface area (Å²) in [5.74, 6) is -0.614. The summed E-state index contributed by atoms with van der Waals surface area (Å²) in [6.07, 6.45) is 70.2. The van der Waals surface area contributed by atoms with Crippen LogP contribution in [0.5, 0.6) is 0 Å². The van der Waals surface area contributed by atoms with E-state index in [0.717, 1.165) is 96.3 Å². The molecule has 0 saturated carbocycles. The van der Waals surface area contributed by atoms with E-state index in [1.54, 1.807) is 0 Å². The predicted molar refractivity (Wildman–Crippen MR) is 282 cm³/mol. The summed E-state index contributed by atoms with van der Waals surface area (Å²) < 4.78 is 5.86. The monoisotopic (exact) mass is 902 g/mol. The molecule has 3 N–H and O–H groups in total. The number of nitrogens with one attached hydrogen (secondary N) is 1. The lowest BCUT2D eigenvalue weighted by Crippen LogP contribution is -2.46. The summed E-state index contributed by atoms with van der Waals surface area (Å²) >= 11 is 0. The summed E-state index contributed by atoms with van der Waals surface area (Å²) in [6.45, 7) is 6.20. The topological polar surface area (TPSA) is 95.9 Å². The molecule has 0 aliphatic heterocycles. The van der Waals surface area contributed by atoms with E-state index in [9.17, 15) is 19.8 Å². The highest BCUT2D eigenvalue weighted by Crippen LogP contribution is 2.16. The van der Waals surface area contributed by atoms with Crippen LogP contribution in [0, 0.1) is 0 Å². The summed E-state index contributed by atoms with van der Waals surface area (Å²) in [7, 11) is 0. The van der Waals surface area contributed by atoms with E-state index in [-0.39, 0.29) is 24.9 Å². The molecule has 0 aliphatic carbocycles. The Balaban J connectivity index is 4.74. The van der Waals surface area contributed by atoms with Gasteiger partial charge >= 0.3 is 5.97 Å². The molecular weight excluding hydrogens is 803 g/mol. The normalized spacial score (nSPS) is 14.1. The highest BCUT2D eigenvalue weighted by Gasteiger charge is 2.23. The fourth-order valence-electron chi connectivity index (χ4n) is 7.46. The lowest BCUT2D eigenvalue weighted by molar-refractivity contribution is -0.150. The average molecular weight is 902 g/mol. The lowest BCUT2D eigenvalue weighted by atomic mass is 10.0. The quantitative estimate of drug-likeness (QED) is 0.0245. The summed E-state index contributed by atoms with van der Waals surface area (Å²) in [5.41, 5.74) is 0. The molecule has 0 aromatic carbocycles. The number of unbranched alkanes of at least 4 members (excludes halogenated alkanes) is 20. The Morgan fingerprint density at radius 2 is 0.923 bits per heavy atom. The molecule has 0 aromatic rings. The predicted octanol–water partition coefficient (Wildman–Crippen LogP) is 16.3. The minimum atomic E-state index is -0.823. The van der Waals surface area contributed by atoms with Crippen molar-refractivity contribution in [2.24, 2.45) is 0 Å². The number of ether oxygens (including phenoxy) is 1. The number of rotatable bonds is 46. The fraction of sp³-hybridized carbons (Fsp3) is 0.661. The van der Waals surface area contributed by atoms with Gasteiger partial charge in [-0.3, -0.25) is 9.59 Å². The molecule has 3 atom stereocenters. The van der Waals surface area contributed by atoms with Crippen LogP contribution >= 0.6 is 0 Å². The lowest BCUT2D eigenvalue weighted by Gasteiger charge is -2.24. The molecule has 0 saturated heterocycles. The number of carbonyl (C=O) groups excluding carboxylic acids is 2. The maximum absolute atomic E-state index is 13.2. The SMILES string of the molecule is CC/C=C\C/C=C\C/C=C\C/C=C\C/C=C\CC(CC(=O)NC(CO)C(O)CCCCCCCCCCCCCCCCCC)OC(=O)CCCCCCC\C=C/C=C/C=C/C=C/CC.